The van der Waals surface area contributed by atoms with Crippen molar-refractivity contribution in [3.63, 3.8) is 0 Å². The van der Waals surface area contributed by atoms with Crippen LogP contribution in [-0.4, -0.2) is 15.4 Å². The van der Waals surface area contributed by atoms with Crippen molar-refractivity contribution < 1.29 is 9.53 Å². The van der Waals surface area contributed by atoms with E-state index < -0.39 is 6.03 Å². The summed E-state index contributed by atoms with van der Waals surface area (Å²) < 4.78 is 7.28. The van der Waals surface area contributed by atoms with Crippen LogP contribution in [0.5, 0.6) is 5.75 Å². The normalized spacial score (nSPS) is 10.7. The Bertz CT molecular complexity index is 1370. The van der Waals surface area contributed by atoms with Gasteiger partial charge in [-0.1, -0.05) is 23.7 Å². The summed E-state index contributed by atoms with van der Waals surface area (Å²) in [5.74, 6) is 0.535. The van der Waals surface area contributed by atoms with Crippen LogP contribution in [-0.2, 0) is 6.61 Å². The van der Waals surface area contributed by atoms with Crippen molar-refractivity contribution in [3.05, 3.63) is 99.1 Å². The fraction of sp³-hybridized carbons (Fsp3) is 0.125. The van der Waals surface area contributed by atoms with Gasteiger partial charge in [0.25, 0.3) is 5.56 Å². The minimum atomic E-state index is -0.401. The molecule has 2 heterocycles. The van der Waals surface area contributed by atoms with E-state index in [9.17, 15) is 9.59 Å². The molecule has 7 nitrogen and oxygen atoms in total. The fourth-order valence-corrected chi connectivity index (χ4v) is 3.29. The van der Waals surface area contributed by atoms with E-state index in [1.165, 1.54) is 10.5 Å². The highest BCUT2D eigenvalue weighted by molar-refractivity contribution is 6.31. The van der Waals surface area contributed by atoms with Crippen LogP contribution in [0.25, 0.3) is 5.65 Å². The van der Waals surface area contributed by atoms with Gasteiger partial charge in [0.1, 0.15) is 18.0 Å². The molecule has 0 bridgehead atoms. The minimum absolute atomic E-state index is 0.122. The average Bonchev–Trinajstić information content (AvgIpc) is 2.75. The van der Waals surface area contributed by atoms with Crippen molar-refractivity contribution >= 4 is 34.7 Å². The number of aryl methyl sites for hydroxylation is 2. The Morgan fingerprint density at radius 1 is 1.03 bits per heavy atom. The molecule has 0 spiro atoms. The summed E-state index contributed by atoms with van der Waals surface area (Å²) in [5, 5.41) is 6.08. The number of hydrogen-bond donors (Lipinski definition) is 2. The molecular formula is C24H21ClN4O3. The van der Waals surface area contributed by atoms with E-state index in [0.717, 1.165) is 11.1 Å². The monoisotopic (exact) mass is 448 g/mol. The average molecular weight is 449 g/mol. The molecule has 0 fully saturated rings. The predicted molar refractivity (Wildman–Crippen MR) is 126 cm³/mol. The maximum Gasteiger partial charge on any atom is 0.323 e. The van der Waals surface area contributed by atoms with Crippen LogP contribution >= 0.6 is 11.6 Å². The second kappa shape index (κ2) is 9.11. The van der Waals surface area contributed by atoms with Gasteiger partial charge in [0.2, 0.25) is 0 Å². The Morgan fingerprint density at radius 2 is 1.81 bits per heavy atom. The molecule has 162 valence electrons. The highest BCUT2D eigenvalue weighted by atomic mass is 35.5. The molecule has 32 heavy (non-hydrogen) atoms. The van der Waals surface area contributed by atoms with Gasteiger partial charge in [-0.3, -0.25) is 9.20 Å². The molecule has 0 aliphatic rings. The number of ether oxygens (including phenoxy) is 1. The van der Waals surface area contributed by atoms with Crippen molar-refractivity contribution in [1.82, 2.24) is 9.38 Å². The van der Waals surface area contributed by atoms with Crippen molar-refractivity contribution in [3.8, 4) is 5.75 Å². The van der Waals surface area contributed by atoms with Crippen LogP contribution in [0.1, 0.15) is 16.8 Å². The first-order valence-electron chi connectivity index (χ1n) is 9.93. The van der Waals surface area contributed by atoms with Gasteiger partial charge < -0.3 is 15.4 Å². The molecule has 0 radical (unpaired) electrons. The lowest BCUT2D eigenvalue weighted by Gasteiger charge is -2.11. The number of pyridine rings is 1. The summed E-state index contributed by atoms with van der Waals surface area (Å²) in [5.41, 5.74) is 4.01. The van der Waals surface area contributed by atoms with Crippen molar-refractivity contribution in [2.75, 3.05) is 10.6 Å². The highest BCUT2D eigenvalue weighted by Gasteiger charge is 2.07. The van der Waals surface area contributed by atoms with Crippen molar-refractivity contribution in [2.45, 2.75) is 20.5 Å². The first kappa shape index (κ1) is 21.4. The lowest BCUT2D eigenvalue weighted by molar-refractivity contribution is 0.262. The molecule has 0 atom stereocenters. The van der Waals surface area contributed by atoms with E-state index in [4.69, 9.17) is 16.3 Å². The van der Waals surface area contributed by atoms with Crippen molar-refractivity contribution in [2.24, 2.45) is 0 Å². The van der Waals surface area contributed by atoms with Crippen LogP contribution in [0.15, 0.2) is 71.7 Å². The molecule has 2 aromatic heterocycles. The van der Waals surface area contributed by atoms with Crippen LogP contribution < -0.4 is 20.9 Å². The topological polar surface area (TPSA) is 84.7 Å². The van der Waals surface area contributed by atoms with E-state index in [1.54, 1.807) is 42.6 Å². The summed E-state index contributed by atoms with van der Waals surface area (Å²) in [6, 6.07) is 17.0. The standard InChI is InChI=1S/C24H21ClN4O3/c1-15-8-9-29-22(10-15)26-19(13-23(29)30)14-32-20-5-3-4-17(11-20)27-24(31)28-18-7-6-16(2)21(25)12-18/h3-13H,14H2,1-2H3,(H2,27,28,31). The summed E-state index contributed by atoms with van der Waals surface area (Å²) >= 11 is 6.10. The maximum atomic E-state index is 12.3. The van der Waals surface area contributed by atoms with E-state index in [-0.39, 0.29) is 12.2 Å². The van der Waals surface area contributed by atoms with E-state index in [1.807, 2.05) is 32.0 Å². The Hall–Kier alpha value is -3.84. The Kier molecular flexibility index (Phi) is 6.09. The SMILES string of the molecule is Cc1ccn2c(=O)cc(COc3cccc(NC(=O)Nc4ccc(C)c(Cl)c4)c3)nc2c1. The fourth-order valence-electron chi connectivity index (χ4n) is 3.11. The van der Waals surface area contributed by atoms with Gasteiger partial charge >= 0.3 is 6.03 Å². The summed E-state index contributed by atoms with van der Waals surface area (Å²) in [7, 11) is 0. The first-order chi connectivity index (χ1) is 15.4. The molecule has 0 saturated heterocycles. The number of nitrogens with zero attached hydrogens (tertiary/aromatic N) is 2. The lowest BCUT2D eigenvalue weighted by atomic mass is 10.2. The van der Waals surface area contributed by atoms with E-state index in [2.05, 4.69) is 15.6 Å². The van der Waals surface area contributed by atoms with E-state index in [0.29, 0.717) is 33.5 Å². The summed E-state index contributed by atoms with van der Waals surface area (Å²) in [6.45, 7) is 3.96. The van der Waals surface area contributed by atoms with Crippen LogP contribution in [0.4, 0.5) is 16.2 Å². The number of carbonyl (C=O) groups is 1. The molecule has 0 saturated carbocycles. The zero-order valence-electron chi connectivity index (χ0n) is 17.6. The summed E-state index contributed by atoms with van der Waals surface area (Å²) in [6.07, 6.45) is 1.70. The predicted octanol–water partition coefficient (Wildman–Crippen LogP) is 5.19. The number of rotatable bonds is 5. The third-order valence-corrected chi connectivity index (χ3v) is 5.19. The smallest absolute Gasteiger partial charge is 0.323 e. The minimum Gasteiger partial charge on any atom is -0.487 e. The van der Waals surface area contributed by atoms with Gasteiger partial charge in [-0.15, -0.1) is 0 Å². The number of benzene rings is 2. The molecule has 2 N–H and O–H groups in total. The molecule has 0 aliphatic heterocycles. The molecule has 2 amide bonds. The Morgan fingerprint density at radius 3 is 2.59 bits per heavy atom. The van der Waals surface area contributed by atoms with Crippen LogP contribution in [0, 0.1) is 13.8 Å². The molecular weight excluding hydrogens is 428 g/mol. The molecule has 0 aliphatic carbocycles. The molecule has 4 rings (SSSR count). The highest BCUT2D eigenvalue weighted by Crippen LogP contribution is 2.21. The number of amides is 2. The number of urea groups is 1. The number of anilines is 2. The number of nitrogens with one attached hydrogen (secondary N) is 2. The van der Waals surface area contributed by atoms with Gasteiger partial charge in [0, 0.05) is 34.7 Å². The largest absolute Gasteiger partial charge is 0.487 e. The third kappa shape index (κ3) is 5.07. The molecule has 0 unspecified atom stereocenters. The second-order valence-electron chi connectivity index (χ2n) is 7.38. The third-order valence-electron chi connectivity index (χ3n) is 4.78. The van der Waals surface area contributed by atoms with Crippen LogP contribution in [0.3, 0.4) is 0 Å². The number of fused-ring (bicyclic) bond motifs is 1. The second-order valence-corrected chi connectivity index (χ2v) is 7.78. The Labute approximate surface area is 189 Å². The zero-order valence-corrected chi connectivity index (χ0v) is 18.3. The lowest BCUT2D eigenvalue weighted by Crippen LogP contribution is -2.19. The van der Waals surface area contributed by atoms with Gasteiger partial charge in [0.15, 0.2) is 0 Å². The van der Waals surface area contributed by atoms with Gasteiger partial charge in [-0.05, 0) is 61.4 Å². The van der Waals surface area contributed by atoms with Crippen molar-refractivity contribution in [1.29, 1.82) is 0 Å². The van der Waals surface area contributed by atoms with E-state index >= 15 is 0 Å². The molecule has 8 heteroatoms. The Balaban J connectivity index is 1.42. The summed E-state index contributed by atoms with van der Waals surface area (Å²) in [4.78, 5) is 29.1. The zero-order chi connectivity index (χ0) is 22.7. The van der Waals surface area contributed by atoms with Gasteiger partial charge in [-0.2, -0.15) is 0 Å². The van der Waals surface area contributed by atoms with Gasteiger partial charge in [0.05, 0.1) is 5.69 Å². The quantitative estimate of drug-likeness (QED) is 0.440. The number of aromatic nitrogens is 2. The number of halogens is 1. The van der Waals surface area contributed by atoms with Gasteiger partial charge in [-0.25, -0.2) is 9.78 Å². The number of carbonyl (C=O) groups excluding carboxylic acids is 1. The maximum absolute atomic E-state index is 12.3. The molecule has 2 aromatic carbocycles. The van der Waals surface area contributed by atoms with Crippen LogP contribution in [0.2, 0.25) is 5.02 Å². The molecule has 4 aromatic rings. The first-order valence-corrected chi connectivity index (χ1v) is 10.3. The number of hydrogen-bond acceptors (Lipinski definition) is 4.